The first-order valence-corrected chi connectivity index (χ1v) is 7.04. The van der Waals surface area contributed by atoms with Crippen molar-refractivity contribution in [3.63, 3.8) is 0 Å². The summed E-state index contributed by atoms with van der Waals surface area (Å²) in [6.45, 7) is 4.30. The molecular formula is C16H17ClN2O2. The number of anilines is 1. The number of aryl methyl sites for hydroxylation is 2. The Hall–Kier alpha value is -2.07. The van der Waals surface area contributed by atoms with Gasteiger partial charge in [0.2, 0.25) is 5.91 Å². The Morgan fingerprint density at radius 2 is 1.95 bits per heavy atom. The highest BCUT2D eigenvalue weighted by Crippen LogP contribution is 2.22. The summed E-state index contributed by atoms with van der Waals surface area (Å²) in [7, 11) is 0. The molecule has 0 bridgehead atoms. The zero-order chi connectivity index (χ0) is 15.2. The summed E-state index contributed by atoms with van der Waals surface area (Å²) >= 11 is 5.73. The summed E-state index contributed by atoms with van der Waals surface area (Å²) in [5.41, 5.74) is 2.13. The number of carbonyl (C=O) groups is 1. The molecule has 0 saturated heterocycles. The molecule has 1 aromatic heterocycles. The van der Waals surface area contributed by atoms with E-state index in [4.69, 9.17) is 16.3 Å². The molecule has 0 aliphatic carbocycles. The summed E-state index contributed by atoms with van der Waals surface area (Å²) in [4.78, 5) is 15.8. The number of ether oxygens (including phenoxy) is 1. The Morgan fingerprint density at radius 3 is 2.57 bits per heavy atom. The number of carbonyl (C=O) groups excluding carboxylic acids is 1. The number of para-hydroxylation sites is 1. The van der Waals surface area contributed by atoms with E-state index in [0.29, 0.717) is 17.4 Å². The normalized spacial score (nSPS) is 10.2. The lowest BCUT2D eigenvalue weighted by atomic mass is 10.1. The van der Waals surface area contributed by atoms with Crippen LogP contribution >= 0.6 is 11.6 Å². The van der Waals surface area contributed by atoms with Gasteiger partial charge in [-0.25, -0.2) is 4.98 Å². The van der Waals surface area contributed by atoms with E-state index in [9.17, 15) is 4.79 Å². The quantitative estimate of drug-likeness (QED) is 0.915. The molecule has 2 aromatic rings. The van der Waals surface area contributed by atoms with Gasteiger partial charge in [0.15, 0.2) is 0 Å². The van der Waals surface area contributed by atoms with E-state index in [-0.39, 0.29) is 12.3 Å². The standard InChI is InChI=1S/C16H17ClN2O2/c1-11-4-3-5-12(2)16(11)21-9-8-15(20)19-14-7-6-13(17)10-18-14/h3-7,10H,8-9H2,1-2H3,(H,18,19,20). The highest BCUT2D eigenvalue weighted by atomic mass is 35.5. The van der Waals surface area contributed by atoms with E-state index in [1.165, 1.54) is 6.20 Å². The number of benzene rings is 1. The minimum absolute atomic E-state index is 0.143. The molecule has 0 unspecified atom stereocenters. The van der Waals surface area contributed by atoms with Gasteiger partial charge >= 0.3 is 0 Å². The predicted octanol–water partition coefficient (Wildman–Crippen LogP) is 3.76. The fourth-order valence-corrected chi connectivity index (χ4v) is 2.04. The molecule has 4 nitrogen and oxygen atoms in total. The average molecular weight is 305 g/mol. The number of nitrogens with one attached hydrogen (secondary N) is 1. The fraction of sp³-hybridized carbons (Fsp3) is 0.250. The first-order chi connectivity index (χ1) is 10.1. The second-order valence-corrected chi connectivity index (χ2v) is 5.17. The molecule has 0 aliphatic rings. The zero-order valence-corrected chi connectivity index (χ0v) is 12.8. The molecule has 21 heavy (non-hydrogen) atoms. The van der Waals surface area contributed by atoms with Gasteiger partial charge in [-0.1, -0.05) is 29.8 Å². The maximum absolute atomic E-state index is 11.8. The molecule has 0 radical (unpaired) electrons. The number of amides is 1. The van der Waals surface area contributed by atoms with Crippen LogP contribution in [-0.2, 0) is 4.79 Å². The summed E-state index contributed by atoms with van der Waals surface area (Å²) in [6, 6.07) is 9.29. The van der Waals surface area contributed by atoms with Crippen molar-refractivity contribution in [3.8, 4) is 5.75 Å². The number of aromatic nitrogens is 1. The van der Waals surface area contributed by atoms with Crippen LogP contribution in [0.5, 0.6) is 5.75 Å². The molecule has 0 fully saturated rings. The molecule has 0 aliphatic heterocycles. The third kappa shape index (κ3) is 4.46. The van der Waals surface area contributed by atoms with E-state index in [1.54, 1.807) is 12.1 Å². The Morgan fingerprint density at radius 1 is 1.24 bits per heavy atom. The van der Waals surface area contributed by atoms with Crippen molar-refractivity contribution in [2.75, 3.05) is 11.9 Å². The number of hydrogen-bond donors (Lipinski definition) is 1. The van der Waals surface area contributed by atoms with Gasteiger partial charge in [0.05, 0.1) is 18.1 Å². The zero-order valence-electron chi connectivity index (χ0n) is 12.0. The van der Waals surface area contributed by atoms with Crippen LogP contribution in [0, 0.1) is 13.8 Å². The fourth-order valence-electron chi connectivity index (χ4n) is 1.93. The number of nitrogens with zero attached hydrogens (tertiary/aromatic N) is 1. The van der Waals surface area contributed by atoms with Crippen LogP contribution in [0.25, 0.3) is 0 Å². The largest absolute Gasteiger partial charge is 0.493 e. The van der Waals surface area contributed by atoms with Crippen molar-refractivity contribution in [2.45, 2.75) is 20.3 Å². The molecule has 0 atom stereocenters. The molecule has 0 spiro atoms. The van der Waals surface area contributed by atoms with Crippen molar-refractivity contribution < 1.29 is 9.53 Å². The summed E-state index contributed by atoms with van der Waals surface area (Å²) in [5, 5.41) is 3.23. The summed E-state index contributed by atoms with van der Waals surface area (Å²) in [5.74, 6) is 1.18. The molecule has 110 valence electrons. The van der Waals surface area contributed by atoms with Crippen LogP contribution in [-0.4, -0.2) is 17.5 Å². The van der Waals surface area contributed by atoms with Gasteiger partial charge in [-0.15, -0.1) is 0 Å². The van der Waals surface area contributed by atoms with Gasteiger partial charge in [0, 0.05) is 6.20 Å². The number of hydrogen-bond acceptors (Lipinski definition) is 3. The molecular weight excluding hydrogens is 288 g/mol. The number of halogens is 1. The van der Waals surface area contributed by atoms with E-state index in [2.05, 4.69) is 10.3 Å². The topological polar surface area (TPSA) is 51.2 Å². The van der Waals surface area contributed by atoms with Crippen LogP contribution in [0.2, 0.25) is 5.02 Å². The first-order valence-electron chi connectivity index (χ1n) is 6.66. The third-order valence-corrected chi connectivity index (χ3v) is 3.20. The van der Waals surface area contributed by atoms with Crippen LogP contribution in [0.3, 0.4) is 0 Å². The van der Waals surface area contributed by atoms with Crippen molar-refractivity contribution in [2.24, 2.45) is 0 Å². The molecule has 1 heterocycles. The van der Waals surface area contributed by atoms with Gasteiger partial charge in [-0.3, -0.25) is 4.79 Å². The Kier molecular flexibility index (Phi) is 5.17. The van der Waals surface area contributed by atoms with E-state index in [1.807, 2.05) is 32.0 Å². The molecule has 5 heteroatoms. The third-order valence-electron chi connectivity index (χ3n) is 2.98. The lowest BCUT2D eigenvalue weighted by molar-refractivity contribution is -0.116. The smallest absolute Gasteiger partial charge is 0.228 e. The molecule has 1 amide bonds. The minimum Gasteiger partial charge on any atom is -0.493 e. The van der Waals surface area contributed by atoms with Gasteiger partial charge in [-0.05, 0) is 37.1 Å². The first kappa shape index (κ1) is 15.3. The van der Waals surface area contributed by atoms with Gasteiger partial charge in [0.1, 0.15) is 11.6 Å². The molecule has 1 N–H and O–H groups in total. The van der Waals surface area contributed by atoms with Crippen LogP contribution in [0.1, 0.15) is 17.5 Å². The maximum Gasteiger partial charge on any atom is 0.228 e. The van der Waals surface area contributed by atoms with Crippen molar-refractivity contribution in [1.29, 1.82) is 0 Å². The SMILES string of the molecule is Cc1cccc(C)c1OCCC(=O)Nc1ccc(Cl)cn1. The Labute approximate surface area is 129 Å². The molecule has 1 aromatic carbocycles. The second kappa shape index (κ2) is 7.09. The van der Waals surface area contributed by atoms with Crippen molar-refractivity contribution in [3.05, 3.63) is 52.7 Å². The highest BCUT2D eigenvalue weighted by Gasteiger charge is 2.06. The van der Waals surface area contributed by atoms with E-state index in [0.717, 1.165) is 16.9 Å². The molecule has 2 rings (SSSR count). The second-order valence-electron chi connectivity index (χ2n) is 4.73. The average Bonchev–Trinajstić information content (AvgIpc) is 2.45. The van der Waals surface area contributed by atoms with Crippen molar-refractivity contribution >= 4 is 23.3 Å². The van der Waals surface area contributed by atoms with Crippen LogP contribution in [0.15, 0.2) is 36.5 Å². The summed E-state index contributed by atoms with van der Waals surface area (Å²) < 4.78 is 5.69. The van der Waals surface area contributed by atoms with Gasteiger partial charge < -0.3 is 10.1 Å². The van der Waals surface area contributed by atoms with E-state index < -0.39 is 0 Å². The van der Waals surface area contributed by atoms with Crippen LogP contribution < -0.4 is 10.1 Å². The number of pyridine rings is 1. The van der Waals surface area contributed by atoms with Crippen molar-refractivity contribution in [1.82, 2.24) is 4.98 Å². The minimum atomic E-state index is -0.143. The lowest BCUT2D eigenvalue weighted by Crippen LogP contribution is -2.16. The van der Waals surface area contributed by atoms with Gasteiger partial charge in [-0.2, -0.15) is 0 Å². The molecule has 0 saturated carbocycles. The number of rotatable bonds is 5. The highest BCUT2D eigenvalue weighted by molar-refractivity contribution is 6.30. The monoisotopic (exact) mass is 304 g/mol. The van der Waals surface area contributed by atoms with Gasteiger partial charge in [0.25, 0.3) is 0 Å². The van der Waals surface area contributed by atoms with Crippen LogP contribution in [0.4, 0.5) is 5.82 Å². The Balaban J connectivity index is 1.83. The van der Waals surface area contributed by atoms with E-state index >= 15 is 0 Å². The maximum atomic E-state index is 11.8. The predicted molar refractivity (Wildman–Crippen MR) is 83.9 cm³/mol. The lowest BCUT2D eigenvalue weighted by Gasteiger charge is -2.11. The summed E-state index contributed by atoms with van der Waals surface area (Å²) in [6.07, 6.45) is 1.75. The Bertz CT molecular complexity index is 606.